The third-order valence-corrected chi connectivity index (χ3v) is 4.29. The molecule has 0 bridgehead atoms. The minimum Gasteiger partial charge on any atom is -0.470 e. The number of hydrogen-bond donors (Lipinski definition) is 1. The molecule has 0 unspecified atom stereocenters. The van der Waals surface area contributed by atoms with E-state index in [0.717, 1.165) is 4.47 Å². The molecule has 0 aliphatic carbocycles. The number of halogens is 3. The first kappa shape index (κ1) is 18.8. The van der Waals surface area contributed by atoms with Crippen molar-refractivity contribution in [1.82, 2.24) is 24.9 Å². The zero-order valence-electron chi connectivity index (χ0n) is 13.4. The molecule has 1 aromatic carbocycles. The summed E-state index contributed by atoms with van der Waals surface area (Å²) < 4.78 is 9.70. The first-order valence-corrected chi connectivity index (χ1v) is 9.13. The molecule has 0 saturated carbocycles. The van der Waals surface area contributed by atoms with E-state index >= 15 is 0 Å². The molecular weight excluding hydrogens is 445 g/mol. The van der Waals surface area contributed by atoms with Gasteiger partial charge in [0, 0.05) is 24.0 Å². The number of nitrogens with one attached hydrogen (secondary N) is 1. The van der Waals surface area contributed by atoms with Gasteiger partial charge < -0.3 is 10.1 Å². The lowest BCUT2D eigenvalue weighted by molar-refractivity contribution is 0.0945. The van der Waals surface area contributed by atoms with E-state index in [-0.39, 0.29) is 12.6 Å². The molecule has 3 aromatic rings. The second kappa shape index (κ2) is 8.57. The second-order valence-corrected chi connectivity index (χ2v) is 7.03. The predicted molar refractivity (Wildman–Crippen MR) is 102 cm³/mol. The van der Waals surface area contributed by atoms with Crippen LogP contribution in [0.1, 0.15) is 10.5 Å². The number of carbonyl (C=O) groups excluding carboxylic acids is 1. The first-order valence-electron chi connectivity index (χ1n) is 7.59. The lowest BCUT2D eigenvalue weighted by Gasteiger charge is -2.08. The normalized spacial score (nSPS) is 10.7. The van der Waals surface area contributed by atoms with Crippen LogP contribution in [0.2, 0.25) is 10.0 Å². The van der Waals surface area contributed by atoms with Gasteiger partial charge in [-0.05, 0) is 40.2 Å². The minimum absolute atomic E-state index is 0.121. The molecule has 0 radical (unpaired) electrons. The Hall–Kier alpha value is -2.03. The molecule has 0 saturated heterocycles. The number of rotatable bonds is 7. The second-order valence-electron chi connectivity index (χ2n) is 5.27. The van der Waals surface area contributed by atoms with Crippen molar-refractivity contribution < 1.29 is 9.53 Å². The Morgan fingerprint density at radius 3 is 2.85 bits per heavy atom. The third kappa shape index (κ3) is 5.00. The van der Waals surface area contributed by atoms with Crippen LogP contribution >= 0.6 is 39.1 Å². The SMILES string of the molecule is O=C(NCCn1cc(Br)cn1)c1ccn(COc2ccc(Cl)cc2Cl)n1. The van der Waals surface area contributed by atoms with Crippen LogP contribution in [0.5, 0.6) is 5.75 Å². The van der Waals surface area contributed by atoms with Crippen LogP contribution in [0.15, 0.2) is 47.3 Å². The van der Waals surface area contributed by atoms with Gasteiger partial charge in [-0.1, -0.05) is 23.2 Å². The predicted octanol–water partition coefficient (Wildman–Crippen LogP) is 3.62. The summed E-state index contributed by atoms with van der Waals surface area (Å²) in [6, 6.07) is 6.57. The largest absolute Gasteiger partial charge is 0.470 e. The third-order valence-electron chi connectivity index (χ3n) is 3.35. The highest BCUT2D eigenvalue weighted by Crippen LogP contribution is 2.27. The lowest BCUT2D eigenvalue weighted by Crippen LogP contribution is -2.28. The molecule has 0 spiro atoms. The number of ether oxygens (including phenoxy) is 1. The van der Waals surface area contributed by atoms with E-state index in [9.17, 15) is 4.79 Å². The van der Waals surface area contributed by atoms with E-state index in [1.165, 1.54) is 4.68 Å². The zero-order chi connectivity index (χ0) is 18.5. The Morgan fingerprint density at radius 1 is 1.27 bits per heavy atom. The van der Waals surface area contributed by atoms with Gasteiger partial charge in [0.15, 0.2) is 6.73 Å². The van der Waals surface area contributed by atoms with Gasteiger partial charge in [0.2, 0.25) is 0 Å². The van der Waals surface area contributed by atoms with Gasteiger partial charge in [0.05, 0.1) is 22.2 Å². The molecule has 2 aromatic heterocycles. The maximum absolute atomic E-state index is 12.1. The number of amides is 1. The van der Waals surface area contributed by atoms with Crippen LogP contribution < -0.4 is 10.1 Å². The average molecular weight is 459 g/mol. The highest BCUT2D eigenvalue weighted by atomic mass is 79.9. The fourth-order valence-electron chi connectivity index (χ4n) is 2.12. The summed E-state index contributed by atoms with van der Waals surface area (Å²) in [7, 11) is 0. The van der Waals surface area contributed by atoms with Crippen molar-refractivity contribution in [2.75, 3.05) is 6.54 Å². The number of nitrogens with zero attached hydrogens (tertiary/aromatic N) is 4. The Labute approximate surface area is 168 Å². The standard InChI is InChI=1S/C16H14BrCl2N5O2/c17-11-8-21-23(9-11)6-4-20-16(25)14-3-5-24(22-14)10-26-15-2-1-12(18)7-13(15)19/h1-3,5,7-9H,4,6,10H2,(H,20,25). The van der Waals surface area contributed by atoms with Crippen molar-refractivity contribution in [1.29, 1.82) is 0 Å². The molecule has 10 heteroatoms. The Morgan fingerprint density at radius 2 is 2.12 bits per heavy atom. The van der Waals surface area contributed by atoms with E-state index in [2.05, 4.69) is 31.4 Å². The molecule has 7 nitrogen and oxygen atoms in total. The smallest absolute Gasteiger partial charge is 0.271 e. The van der Waals surface area contributed by atoms with Crippen molar-refractivity contribution in [3.05, 3.63) is 63.1 Å². The lowest BCUT2D eigenvalue weighted by atomic mass is 10.3. The topological polar surface area (TPSA) is 74.0 Å². The molecule has 2 heterocycles. The van der Waals surface area contributed by atoms with Gasteiger partial charge in [-0.15, -0.1) is 0 Å². The summed E-state index contributed by atoms with van der Waals surface area (Å²) in [5.74, 6) is 0.224. The number of benzene rings is 1. The molecular formula is C16H14BrCl2N5O2. The molecule has 136 valence electrons. The van der Waals surface area contributed by atoms with Crippen molar-refractivity contribution in [3.8, 4) is 5.75 Å². The average Bonchev–Trinajstić information content (AvgIpc) is 3.23. The van der Waals surface area contributed by atoms with Crippen LogP contribution in [0.4, 0.5) is 0 Å². The molecule has 0 atom stereocenters. The summed E-state index contributed by atoms with van der Waals surface area (Å²) in [5, 5.41) is 12.0. The van der Waals surface area contributed by atoms with Gasteiger partial charge in [-0.3, -0.25) is 9.48 Å². The number of hydrogen-bond acceptors (Lipinski definition) is 4. The van der Waals surface area contributed by atoms with Crippen LogP contribution in [-0.4, -0.2) is 32.0 Å². The molecule has 0 aliphatic rings. The van der Waals surface area contributed by atoms with Crippen molar-refractivity contribution in [2.45, 2.75) is 13.3 Å². The molecule has 0 fully saturated rings. The molecule has 1 N–H and O–H groups in total. The number of carbonyl (C=O) groups is 1. The highest BCUT2D eigenvalue weighted by Gasteiger charge is 2.10. The number of aromatic nitrogens is 4. The minimum atomic E-state index is -0.264. The van der Waals surface area contributed by atoms with Crippen molar-refractivity contribution >= 4 is 45.0 Å². The Balaban J connectivity index is 1.49. The van der Waals surface area contributed by atoms with Gasteiger partial charge in [-0.25, -0.2) is 4.68 Å². The summed E-state index contributed by atoms with van der Waals surface area (Å²) >= 11 is 15.2. The van der Waals surface area contributed by atoms with Crippen molar-refractivity contribution in [3.63, 3.8) is 0 Å². The maximum Gasteiger partial charge on any atom is 0.271 e. The Kier molecular flexibility index (Phi) is 6.18. The van der Waals surface area contributed by atoms with Crippen LogP contribution in [0.25, 0.3) is 0 Å². The highest BCUT2D eigenvalue weighted by molar-refractivity contribution is 9.10. The van der Waals surface area contributed by atoms with Gasteiger partial charge >= 0.3 is 0 Å². The van der Waals surface area contributed by atoms with Gasteiger partial charge in [-0.2, -0.15) is 10.2 Å². The molecule has 3 rings (SSSR count). The van der Waals surface area contributed by atoms with Crippen LogP contribution in [0.3, 0.4) is 0 Å². The monoisotopic (exact) mass is 457 g/mol. The van der Waals surface area contributed by atoms with Gasteiger partial charge in [0.1, 0.15) is 11.4 Å². The quantitative estimate of drug-likeness (QED) is 0.586. The van der Waals surface area contributed by atoms with Crippen LogP contribution in [-0.2, 0) is 13.3 Å². The molecule has 26 heavy (non-hydrogen) atoms. The maximum atomic E-state index is 12.1. The van der Waals surface area contributed by atoms with E-state index in [1.54, 1.807) is 41.3 Å². The fraction of sp³-hybridized carbons (Fsp3) is 0.188. The first-order chi connectivity index (χ1) is 12.5. The van der Waals surface area contributed by atoms with E-state index < -0.39 is 0 Å². The van der Waals surface area contributed by atoms with Crippen LogP contribution in [0, 0.1) is 0 Å². The summed E-state index contributed by atoms with van der Waals surface area (Å²) in [5.41, 5.74) is 0.303. The van der Waals surface area contributed by atoms with E-state index in [1.807, 2.05) is 6.20 Å². The van der Waals surface area contributed by atoms with E-state index in [4.69, 9.17) is 27.9 Å². The Bertz CT molecular complexity index is 912. The summed E-state index contributed by atoms with van der Waals surface area (Å²) in [6.45, 7) is 1.13. The van der Waals surface area contributed by atoms with E-state index in [0.29, 0.717) is 34.6 Å². The summed E-state index contributed by atoms with van der Waals surface area (Å²) in [4.78, 5) is 12.1. The molecule has 0 aliphatic heterocycles. The zero-order valence-corrected chi connectivity index (χ0v) is 16.5. The summed E-state index contributed by atoms with van der Waals surface area (Å²) in [6.07, 6.45) is 5.18. The molecule has 1 amide bonds. The fourth-order valence-corrected chi connectivity index (χ4v) is 2.91. The van der Waals surface area contributed by atoms with Crippen molar-refractivity contribution in [2.24, 2.45) is 0 Å². The van der Waals surface area contributed by atoms with Gasteiger partial charge in [0.25, 0.3) is 5.91 Å².